The number of halogens is 1. The number of guanidine groups is 1. The number of piperazine rings is 1. The SMILES string of the molecule is CN=C(NCCOCC1CC1)N1CCN(c2cccc(C)c2)CC1.I. The standard InChI is InChI=1S/C19H30N4O.HI/c1-16-4-3-5-18(14-16)22-9-11-23(12-10-22)19(20-2)21-8-13-24-15-17-6-7-17;/h3-5,14,17H,6-13,15H2,1-2H3,(H,20,21);1H. The molecule has 140 valence electrons. The Labute approximate surface area is 168 Å². The molecule has 6 heteroatoms. The van der Waals surface area contributed by atoms with E-state index >= 15 is 0 Å². The van der Waals surface area contributed by atoms with E-state index in [0.29, 0.717) is 0 Å². The molecule has 0 aromatic heterocycles. The van der Waals surface area contributed by atoms with Crippen molar-refractivity contribution in [1.29, 1.82) is 0 Å². The molecule has 3 rings (SSSR count). The van der Waals surface area contributed by atoms with Crippen LogP contribution in [0.4, 0.5) is 5.69 Å². The van der Waals surface area contributed by atoms with E-state index in [1.54, 1.807) is 0 Å². The van der Waals surface area contributed by atoms with Crippen molar-refractivity contribution in [3.63, 3.8) is 0 Å². The van der Waals surface area contributed by atoms with Gasteiger partial charge in [-0.25, -0.2) is 0 Å². The molecule has 0 atom stereocenters. The summed E-state index contributed by atoms with van der Waals surface area (Å²) >= 11 is 0. The molecular weight excluding hydrogens is 427 g/mol. The molecule has 0 bridgehead atoms. The van der Waals surface area contributed by atoms with Gasteiger partial charge >= 0.3 is 0 Å². The van der Waals surface area contributed by atoms with Crippen LogP contribution in [0.2, 0.25) is 0 Å². The summed E-state index contributed by atoms with van der Waals surface area (Å²) in [6, 6.07) is 8.75. The summed E-state index contributed by atoms with van der Waals surface area (Å²) in [5.74, 6) is 1.83. The van der Waals surface area contributed by atoms with Gasteiger partial charge in [-0.15, -0.1) is 24.0 Å². The fraction of sp³-hybridized carbons (Fsp3) is 0.632. The normalized spacial score (nSPS) is 18.1. The lowest BCUT2D eigenvalue weighted by Crippen LogP contribution is -2.53. The van der Waals surface area contributed by atoms with Gasteiger partial charge in [-0.1, -0.05) is 12.1 Å². The summed E-state index contributed by atoms with van der Waals surface area (Å²) in [4.78, 5) is 9.22. The average Bonchev–Trinajstić information content (AvgIpc) is 3.43. The van der Waals surface area contributed by atoms with E-state index in [1.807, 2.05) is 7.05 Å². The Morgan fingerprint density at radius 1 is 1.24 bits per heavy atom. The van der Waals surface area contributed by atoms with Crippen molar-refractivity contribution in [2.75, 3.05) is 57.9 Å². The van der Waals surface area contributed by atoms with Crippen LogP contribution in [0.3, 0.4) is 0 Å². The van der Waals surface area contributed by atoms with Crippen molar-refractivity contribution in [3.05, 3.63) is 29.8 Å². The van der Waals surface area contributed by atoms with Gasteiger partial charge in [0.2, 0.25) is 0 Å². The molecule has 1 saturated heterocycles. The minimum atomic E-state index is 0. The number of hydrogen-bond donors (Lipinski definition) is 1. The summed E-state index contributed by atoms with van der Waals surface area (Å²) < 4.78 is 5.68. The molecule has 5 nitrogen and oxygen atoms in total. The first kappa shape index (κ1) is 20.3. The number of aryl methyl sites for hydroxylation is 1. The molecule has 1 heterocycles. The third-order valence-electron chi connectivity index (χ3n) is 4.74. The summed E-state index contributed by atoms with van der Waals surface area (Å²) in [5.41, 5.74) is 2.64. The van der Waals surface area contributed by atoms with E-state index in [4.69, 9.17) is 4.74 Å². The van der Waals surface area contributed by atoms with Crippen LogP contribution in [-0.2, 0) is 4.74 Å². The van der Waals surface area contributed by atoms with E-state index in [-0.39, 0.29) is 24.0 Å². The van der Waals surface area contributed by atoms with Gasteiger partial charge in [-0.05, 0) is 43.4 Å². The van der Waals surface area contributed by atoms with Crippen molar-refractivity contribution in [2.45, 2.75) is 19.8 Å². The van der Waals surface area contributed by atoms with Gasteiger partial charge in [0.05, 0.1) is 6.61 Å². The Kier molecular flexibility index (Phi) is 8.29. The van der Waals surface area contributed by atoms with Crippen LogP contribution in [0.15, 0.2) is 29.3 Å². The largest absolute Gasteiger partial charge is 0.379 e. The maximum Gasteiger partial charge on any atom is 0.193 e. The molecular formula is C19H31IN4O. The minimum absolute atomic E-state index is 0. The lowest BCUT2D eigenvalue weighted by Gasteiger charge is -2.37. The average molecular weight is 458 g/mol. The predicted octanol–water partition coefficient (Wildman–Crippen LogP) is 2.74. The van der Waals surface area contributed by atoms with Gasteiger partial charge in [0, 0.05) is 52.1 Å². The van der Waals surface area contributed by atoms with Crippen LogP contribution in [0.25, 0.3) is 0 Å². The van der Waals surface area contributed by atoms with E-state index in [0.717, 1.165) is 57.8 Å². The monoisotopic (exact) mass is 458 g/mol. The van der Waals surface area contributed by atoms with Crippen molar-refractivity contribution in [1.82, 2.24) is 10.2 Å². The first-order valence-electron chi connectivity index (χ1n) is 9.11. The molecule has 0 unspecified atom stereocenters. The van der Waals surface area contributed by atoms with E-state index in [2.05, 4.69) is 51.3 Å². The highest BCUT2D eigenvalue weighted by Gasteiger charge is 2.21. The first-order chi connectivity index (χ1) is 11.8. The highest BCUT2D eigenvalue weighted by atomic mass is 127. The highest BCUT2D eigenvalue weighted by molar-refractivity contribution is 14.0. The van der Waals surface area contributed by atoms with Crippen molar-refractivity contribution in [2.24, 2.45) is 10.9 Å². The molecule has 1 aliphatic heterocycles. The molecule has 1 N–H and O–H groups in total. The maximum absolute atomic E-state index is 5.68. The van der Waals surface area contributed by atoms with Crippen molar-refractivity contribution in [3.8, 4) is 0 Å². The Bertz CT molecular complexity index is 554. The smallest absolute Gasteiger partial charge is 0.193 e. The number of nitrogens with zero attached hydrogens (tertiary/aromatic N) is 3. The van der Waals surface area contributed by atoms with Crippen LogP contribution in [0.1, 0.15) is 18.4 Å². The van der Waals surface area contributed by atoms with Gasteiger partial charge in [-0.2, -0.15) is 0 Å². The minimum Gasteiger partial charge on any atom is -0.379 e. The molecule has 0 spiro atoms. The second-order valence-corrected chi connectivity index (χ2v) is 6.81. The van der Waals surface area contributed by atoms with E-state index in [9.17, 15) is 0 Å². The van der Waals surface area contributed by atoms with Gasteiger partial charge in [0.1, 0.15) is 0 Å². The Morgan fingerprint density at radius 3 is 2.64 bits per heavy atom. The Balaban J connectivity index is 0.00000225. The van der Waals surface area contributed by atoms with Gasteiger partial charge in [0.15, 0.2) is 5.96 Å². The zero-order valence-corrected chi connectivity index (χ0v) is 17.7. The number of ether oxygens (including phenoxy) is 1. The molecule has 1 saturated carbocycles. The fourth-order valence-electron chi connectivity index (χ4n) is 3.10. The van der Waals surface area contributed by atoms with Crippen molar-refractivity contribution < 1.29 is 4.74 Å². The van der Waals surface area contributed by atoms with Crippen LogP contribution in [-0.4, -0.2) is 63.8 Å². The Hall–Kier alpha value is -1.02. The number of anilines is 1. The topological polar surface area (TPSA) is 40.1 Å². The highest BCUT2D eigenvalue weighted by Crippen LogP contribution is 2.28. The molecule has 1 aromatic carbocycles. The third-order valence-corrected chi connectivity index (χ3v) is 4.74. The lowest BCUT2D eigenvalue weighted by molar-refractivity contribution is 0.128. The molecule has 0 radical (unpaired) electrons. The summed E-state index contributed by atoms with van der Waals surface area (Å²) in [6.45, 7) is 8.72. The second-order valence-electron chi connectivity index (χ2n) is 6.81. The van der Waals surface area contributed by atoms with Gasteiger partial charge in [-0.3, -0.25) is 4.99 Å². The maximum atomic E-state index is 5.68. The molecule has 2 fully saturated rings. The predicted molar refractivity (Wildman–Crippen MR) is 115 cm³/mol. The number of aliphatic imine (C=N–C) groups is 1. The van der Waals surface area contributed by atoms with Gasteiger partial charge in [0.25, 0.3) is 0 Å². The van der Waals surface area contributed by atoms with Crippen LogP contribution >= 0.6 is 24.0 Å². The number of rotatable bonds is 6. The summed E-state index contributed by atoms with van der Waals surface area (Å²) in [5, 5.41) is 3.43. The van der Waals surface area contributed by atoms with Crippen LogP contribution in [0, 0.1) is 12.8 Å². The molecule has 1 aliphatic carbocycles. The van der Waals surface area contributed by atoms with Crippen LogP contribution < -0.4 is 10.2 Å². The zero-order valence-electron chi connectivity index (χ0n) is 15.4. The molecule has 1 aromatic rings. The lowest BCUT2D eigenvalue weighted by atomic mass is 10.2. The molecule has 2 aliphatic rings. The van der Waals surface area contributed by atoms with Crippen LogP contribution in [0.5, 0.6) is 0 Å². The first-order valence-corrected chi connectivity index (χ1v) is 9.11. The summed E-state index contributed by atoms with van der Waals surface area (Å²) in [6.07, 6.45) is 2.70. The molecule has 0 amide bonds. The second kappa shape index (κ2) is 10.2. The zero-order chi connectivity index (χ0) is 16.8. The fourth-order valence-corrected chi connectivity index (χ4v) is 3.10. The number of benzene rings is 1. The molecule has 25 heavy (non-hydrogen) atoms. The Morgan fingerprint density at radius 2 is 2.00 bits per heavy atom. The third kappa shape index (κ3) is 6.33. The van der Waals surface area contributed by atoms with E-state index < -0.39 is 0 Å². The van der Waals surface area contributed by atoms with Crippen molar-refractivity contribution >= 4 is 35.6 Å². The number of hydrogen-bond acceptors (Lipinski definition) is 3. The van der Waals surface area contributed by atoms with E-state index in [1.165, 1.54) is 24.1 Å². The van der Waals surface area contributed by atoms with Gasteiger partial charge < -0.3 is 19.9 Å². The summed E-state index contributed by atoms with van der Waals surface area (Å²) in [7, 11) is 1.86. The quantitative estimate of drug-likeness (QED) is 0.308. The number of nitrogens with one attached hydrogen (secondary N) is 1.